The van der Waals surface area contributed by atoms with Gasteiger partial charge in [-0.15, -0.1) is 10.2 Å². The minimum Gasteiger partial charge on any atom is -0.497 e. The van der Waals surface area contributed by atoms with E-state index in [1.807, 2.05) is 0 Å². The van der Waals surface area contributed by atoms with Gasteiger partial charge in [0, 0.05) is 11.8 Å². The smallest absolute Gasteiger partial charge is 0.326 e. The largest absolute Gasteiger partial charge is 0.497 e. The number of ether oxygens (including phenoxy) is 1. The summed E-state index contributed by atoms with van der Waals surface area (Å²) in [6, 6.07) is 11.7. The number of urea groups is 1. The van der Waals surface area contributed by atoms with Crippen LogP contribution in [0.4, 0.5) is 16.4 Å². The third-order valence-electron chi connectivity index (χ3n) is 2.93. The van der Waals surface area contributed by atoms with Crippen LogP contribution in [0.5, 0.6) is 5.75 Å². The van der Waals surface area contributed by atoms with E-state index in [0.717, 1.165) is 0 Å². The van der Waals surface area contributed by atoms with Crippen molar-refractivity contribution in [2.45, 2.75) is 0 Å². The Kier molecular flexibility index (Phi) is 3.80. The van der Waals surface area contributed by atoms with Crippen molar-refractivity contribution in [2.75, 3.05) is 17.7 Å². The number of anilines is 2. The number of nitrogens with one attached hydrogen (secondary N) is 2. The lowest BCUT2D eigenvalue weighted by Gasteiger charge is -2.08. The first kappa shape index (κ1) is 14.2. The molecule has 0 spiro atoms. The first-order valence-corrected chi connectivity index (χ1v) is 6.77. The Morgan fingerprint density at radius 3 is 2.82 bits per heavy atom. The van der Waals surface area contributed by atoms with E-state index < -0.39 is 6.03 Å². The van der Waals surface area contributed by atoms with Gasteiger partial charge < -0.3 is 10.1 Å². The summed E-state index contributed by atoms with van der Waals surface area (Å²) in [5.41, 5.74) is 1.14. The Balaban J connectivity index is 1.78. The van der Waals surface area contributed by atoms with Gasteiger partial charge in [-0.3, -0.25) is 9.72 Å². The number of nitrogens with zero attached hydrogens (tertiary/aromatic N) is 3. The molecule has 7 nitrogen and oxygen atoms in total. The molecule has 2 heterocycles. The van der Waals surface area contributed by atoms with Crippen molar-refractivity contribution in [3.05, 3.63) is 47.6 Å². The Morgan fingerprint density at radius 1 is 1.18 bits per heavy atom. The molecule has 0 fully saturated rings. The molecule has 1 aromatic carbocycles. The maximum atomic E-state index is 12.0. The van der Waals surface area contributed by atoms with Crippen LogP contribution in [-0.2, 0) is 0 Å². The topological polar surface area (TPSA) is 80.5 Å². The molecule has 0 unspecified atom stereocenters. The monoisotopic (exact) mass is 317 g/mol. The summed E-state index contributed by atoms with van der Waals surface area (Å²) in [7, 11) is 1.56. The van der Waals surface area contributed by atoms with Gasteiger partial charge in [0.1, 0.15) is 10.9 Å². The van der Waals surface area contributed by atoms with Crippen molar-refractivity contribution in [1.82, 2.24) is 14.6 Å². The lowest BCUT2D eigenvalue weighted by molar-refractivity contribution is 0.262. The number of benzene rings is 1. The summed E-state index contributed by atoms with van der Waals surface area (Å²) in [5.74, 6) is 0.884. The number of rotatable bonds is 3. The number of hydrogen-bond acceptors (Lipinski definition) is 4. The second-order valence-corrected chi connectivity index (χ2v) is 4.76. The van der Waals surface area contributed by atoms with E-state index >= 15 is 0 Å². The number of amides is 2. The normalized spacial score (nSPS) is 10.5. The number of carbonyl (C=O) groups is 1. The fourth-order valence-electron chi connectivity index (χ4n) is 1.95. The van der Waals surface area contributed by atoms with Crippen molar-refractivity contribution >= 4 is 34.9 Å². The Hall–Kier alpha value is -2.80. The molecule has 0 atom stereocenters. The predicted molar refractivity (Wildman–Crippen MR) is 83.6 cm³/mol. The highest BCUT2D eigenvalue weighted by Crippen LogP contribution is 2.18. The maximum Gasteiger partial charge on any atom is 0.326 e. The van der Waals surface area contributed by atoms with Crippen molar-refractivity contribution in [3.63, 3.8) is 0 Å². The van der Waals surface area contributed by atoms with E-state index in [-0.39, 0.29) is 5.95 Å². The van der Waals surface area contributed by atoms with Gasteiger partial charge in [-0.1, -0.05) is 23.7 Å². The summed E-state index contributed by atoms with van der Waals surface area (Å²) in [4.78, 5) is 12.0. The Labute approximate surface area is 130 Å². The van der Waals surface area contributed by atoms with Crippen LogP contribution >= 0.6 is 11.6 Å². The summed E-state index contributed by atoms with van der Waals surface area (Å²) >= 11 is 6.08. The molecule has 112 valence electrons. The molecule has 0 aliphatic rings. The molecule has 22 heavy (non-hydrogen) atoms. The van der Waals surface area contributed by atoms with Crippen LogP contribution in [0.3, 0.4) is 0 Å². The van der Waals surface area contributed by atoms with Gasteiger partial charge >= 0.3 is 6.03 Å². The molecule has 2 aromatic heterocycles. The molecule has 0 aliphatic heterocycles. The molecule has 3 rings (SSSR count). The van der Waals surface area contributed by atoms with Gasteiger partial charge in [0.2, 0.25) is 5.95 Å². The summed E-state index contributed by atoms with van der Waals surface area (Å²) in [5, 5.41) is 13.5. The SMILES string of the molecule is COc1cccc(NC(=O)Nc2nnc3cccc(Cl)n23)c1. The molecule has 8 heteroatoms. The molecule has 0 saturated carbocycles. The molecular formula is C14H12ClN5O2. The van der Waals surface area contributed by atoms with E-state index in [1.165, 1.54) is 4.40 Å². The zero-order valence-electron chi connectivity index (χ0n) is 11.6. The second-order valence-electron chi connectivity index (χ2n) is 4.38. The van der Waals surface area contributed by atoms with Gasteiger partial charge in [0.15, 0.2) is 5.65 Å². The second kappa shape index (κ2) is 5.90. The minimum absolute atomic E-state index is 0.237. The molecule has 2 amide bonds. The van der Waals surface area contributed by atoms with Crippen LogP contribution in [-0.4, -0.2) is 27.7 Å². The van der Waals surface area contributed by atoms with E-state index in [2.05, 4.69) is 20.8 Å². The highest BCUT2D eigenvalue weighted by atomic mass is 35.5. The van der Waals surface area contributed by atoms with Crippen LogP contribution in [0.15, 0.2) is 42.5 Å². The van der Waals surface area contributed by atoms with Gasteiger partial charge in [-0.2, -0.15) is 0 Å². The van der Waals surface area contributed by atoms with Crippen LogP contribution in [0.1, 0.15) is 0 Å². The summed E-state index contributed by atoms with van der Waals surface area (Å²) < 4.78 is 6.63. The third-order valence-corrected chi connectivity index (χ3v) is 3.23. The fraction of sp³-hybridized carbons (Fsp3) is 0.0714. The highest BCUT2D eigenvalue weighted by Gasteiger charge is 2.11. The Morgan fingerprint density at radius 2 is 2.00 bits per heavy atom. The van der Waals surface area contributed by atoms with Crippen LogP contribution in [0.25, 0.3) is 5.65 Å². The molecule has 2 N–H and O–H groups in total. The zero-order chi connectivity index (χ0) is 15.5. The molecule has 0 aliphatic carbocycles. The average Bonchev–Trinajstić information content (AvgIpc) is 2.91. The van der Waals surface area contributed by atoms with Gasteiger partial charge in [0.05, 0.1) is 7.11 Å². The predicted octanol–water partition coefficient (Wildman–Crippen LogP) is 3.04. The van der Waals surface area contributed by atoms with Gasteiger partial charge in [-0.25, -0.2) is 4.79 Å². The maximum absolute atomic E-state index is 12.0. The number of pyridine rings is 1. The van der Waals surface area contributed by atoms with Gasteiger partial charge in [-0.05, 0) is 24.3 Å². The molecule has 3 aromatic rings. The number of fused-ring (bicyclic) bond motifs is 1. The van der Waals surface area contributed by atoms with Crippen LogP contribution in [0.2, 0.25) is 5.15 Å². The zero-order valence-corrected chi connectivity index (χ0v) is 12.3. The van der Waals surface area contributed by atoms with Crippen LogP contribution < -0.4 is 15.4 Å². The van der Waals surface area contributed by atoms with Crippen molar-refractivity contribution in [1.29, 1.82) is 0 Å². The fourth-order valence-corrected chi connectivity index (χ4v) is 2.19. The summed E-state index contributed by atoms with van der Waals surface area (Å²) in [6.07, 6.45) is 0. The van der Waals surface area contributed by atoms with E-state index in [0.29, 0.717) is 22.2 Å². The van der Waals surface area contributed by atoms with E-state index in [4.69, 9.17) is 16.3 Å². The quantitative estimate of drug-likeness (QED) is 0.728. The molecular weight excluding hydrogens is 306 g/mol. The summed E-state index contributed by atoms with van der Waals surface area (Å²) in [6.45, 7) is 0. The number of methoxy groups -OCH3 is 1. The highest BCUT2D eigenvalue weighted by molar-refractivity contribution is 6.30. The number of carbonyl (C=O) groups excluding carboxylic acids is 1. The van der Waals surface area contributed by atoms with Crippen LogP contribution in [0, 0.1) is 0 Å². The molecule has 0 bridgehead atoms. The standard InChI is InChI=1S/C14H12ClN5O2/c1-22-10-5-2-4-9(8-10)16-14(21)17-13-19-18-12-7-3-6-11(15)20(12)13/h2-8H,1H3,(H2,16,17,19,21). The van der Waals surface area contributed by atoms with Crippen molar-refractivity contribution in [2.24, 2.45) is 0 Å². The van der Waals surface area contributed by atoms with Crippen molar-refractivity contribution < 1.29 is 9.53 Å². The lowest BCUT2D eigenvalue weighted by atomic mass is 10.3. The molecule has 0 saturated heterocycles. The number of hydrogen-bond donors (Lipinski definition) is 2. The van der Waals surface area contributed by atoms with E-state index in [9.17, 15) is 4.79 Å². The number of halogens is 1. The first-order valence-electron chi connectivity index (χ1n) is 6.39. The minimum atomic E-state index is -0.456. The van der Waals surface area contributed by atoms with Gasteiger partial charge in [0.25, 0.3) is 0 Å². The Bertz CT molecular complexity index is 833. The van der Waals surface area contributed by atoms with E-state index in [1.54, 1.807) is 49.6 Å². The molecule has 0 radical (unpaired) electrons. The number of aromatic nitrogens is 3. The van der Waals surface area contributed by atoms with Crippen molar-refractivity contribution in [3.8, 4) is 5.75 Å². The lowest BCUT2D eigenvalue weighted by Crippen LogP contribution is -2.21. The third kappa shape index (κ3) is 2.79. The first-order chi connectivity index (χ1) is 10.7. The average molecular weight is 318 g/mol.